The molecule has 0 aliphatic rings. The van der Waals surface area contributed by atoms with E-state index in [1.807, 2.05) is 0 Å². The number of methoxy groups -OCH3 is 1. The van der Waals surface area contributed by atoms with E-state index in [0.29, 0.717) is 11.8 Å². The lowest BCUT2D eigenvalue weighted by atomic mass is 9.97. The molecule has 2 heteroatoms. The summed E-state index contributed by atoms with van der Waals surface area (Å²) in [4.78, 5) is 0. The van der Waals surface area contributed by atoms with Crippen LogP contribution in [0.4, 0.5) is 0 Å². The normalized spacial score (nSPS) is 10.7. The van der Waals surface area contributed by atoms with Gasteiger partial charge in [-0.15, -0.1) is 11.6 Å². The van der Waals surface area contributed by atoms with Crippen molar-refractivity contribution in [2.45, 2.75) is 32.6 Å². The maximum atomic E-state index is 5.86. The number of hydrogen-bond acceptors (Lipinski definition) is 1. The summed E-state index contributed by atoms with van der Waals surface area (Å²) in [6, 6.07) is 4.21. The minimum Gasteiger partial charge on any atom is -0.496 e. The second-order valence-electron chi connectivity index (χ2n) is 3.81. The largest absolute Gasteiger partial charge is 0.496 e. The number of hydrogen-bond donors (Lipinski definition) is 0. The molecule has 0 aliphatic carbocycles. The summed E-state index contributed by atoms with van der Waals surface area (Å²) in [5, 5.41) is 0. The van der Waals surface area contributed by atoms with E-state index in [2.05, 4.69) is 32.9 Å². The van der Waals surface area contributed by atoms with Crippen LogP contribution in [0.3, 0.4) is 0 Å². The average Bonchev–Trinajstić information content (AvgIpc) is 2.16. The predicted molar refractivity (Wildman–Crippen MR) is 61.4 cm³/mol. The lowest BCUT2D eigenvalue weighted by molar-refractivity contribution is 0.407. The van der Waals surface area contributed by atoms with E-state index in [1.54, 1.807) is 7.11 Å². The smallest absolute Gasteiger partial charge is 0.122 e. The first-order valence-corrected chi connectivity index (χ1v) is 5.37. The number of alkyl halides is 1. The van der Waals surface area contributed by atoms with Gasteiger partial charge in [-0.05, 0) is 35.6 Å². The van der Waals surface area contributed by atoms with Gasteiger partial charge in [0.25, 0.3) is 0 Å². The minimum atomic E-state index is 0.465. The Kier molecular flexibility index (Phi) is 3.82. The fraction of sp³-hybridized carbons (Fsp3) is 0.500. The SMILES string of the molecule is COc1cc(C)c(CCl)cc1C(C)C. The van der Waals surface area contributed by atoms with Gasteiger partial charge in [-0.2, -0.15) is 0 Å². The van der Waals surface area contributed by atoms with E-state index in [1.165, 1.54) is 16.7 Å². The Labute approximate surface area is 91.0 Å². The molecular weight excluding hydrogens is 196 g/mol. The summed E-state index contributed by atoms with van der Waals surface area (Å²) in [5.74, 6) is 1.99. The molecule has 14 heavy (non-hydrogen) atoms. The zero-order chi connectivity index (χ0) is 10.7. The predicted octanol–water partition coefficient (Wildman–Crippen LogP) is 3.87. The van der Waals surface area contributed by atoms with Crippen molar-refractivity contribution in [3.05, 3.63) is 28.8 Å². The lowest BCUT2D eigenvalue weighted by Crippen LogP contribution is -1.97. The van der Waals surface area contributed by atoms with Crippen LogP contribution < -0.4 is 4.74 Å². The quantitative estimate of drug-likeness (QED) is 0.692. The van der Waals surface area contributed by atoms with Crippen molar-refractivity contribution in [2.24, 2.45) is 0 Å². The highest BCUT2D eigenvalue weighted by molar-refractivity contribution is 6.17. The van der Waals surface area contributed by atoms with Crippen molar-refractivity contribution >= 4 is 11.6 Å². The molecule has 1 aromatic carbocycles. The summed E-state index contributed by atoms with van der Waals surface area (Å²) in [7, 11) is 1.71. The molecule has 0 amide bonds. The van der Waals surface area contributed by atoms with Crippen LogP contribution >= 0.6 is 11.6 Å². The van der Waals surface area contributed by atoms with Gasteiger partial charge in [-0.1, -0.05) is 19.9 Å². The summed E-state index contributed by atoms with van der Waals surface area (Å²) in [6.45, 7) is 6.38. The third-order valence-corrected chi connectivity index (χ3v) is 2.74. The molecule has 1 rings (SSSR count). The zero-order valence-electron chi connectivity index (χ0n) is 9.23. The molecule has 0 N–H and O–H groups in total. The zero-order valence-corrected chi connectivity index (χ0v) is 9.98. The molecule has 0 fully saturated rings. The highest BCUT2D eigenvalue weighted by atomic mass is 35.5. The molecular formula is C12H17ClO. The monoisotopic (exact) mass is 212 g/mol. The molecule has 0 spiro atoms. The minimum absolute atomic E-state index is 0.465. The van der Waals surface area contributed by atoms with Gasteiger partial charge < -0.3 is 4.74 Å². The summed E-state index contributed by atoms with van der Waals surface area (Å²) >= 11 is 5.86. The molecule has 0 heterocycles. The number of ether oxygens (including phenoxy) is 1. The molecule has 0 aliphatic heterocycles. The summed E-state index contributed by atoms with van der Waals surface area (Å²) in [6.07, 6.45) is 0. The van der Waals surface area contributed by atoms with Crippen LogP contribution in [0.25, 0.3) is 0 Å². The van der Waals surface area contributed by atoms with Crippen LogP contribution in [0.15, 0.2) is 12.1 Å². The molecule has 0 unspecified atom stereocenters. The molecule has 0 saturated heterocycles. The van der Waals surface area contributed by atoms with Crippen LogP contribution in [0.5, 0.6) is 5.75 Å². The van der Waals surface area contributed by atoms with Crippen LogP contribution in [0, 0.1) is 6.92 Å². The second kappa shape index (κ2) is 4.70. The molecule has 0 radical (unpaired) electrons. The van der Waals surface area contributed by atoms with Crippen molar-refractivity contribution in [3.63, 3.8) is 0 Å². The topological polar surface area (TPSA) is 9.23 Å². The Balaban J connectivity index is 3.25. The summed E-state index contributed by atoms with van der Waals surface area (Å²) in [5.41, 5.74) is 3.62. The molecule has 1 nitrogen and oxygen atoms in total. The first kappa shape index (κ1) is 11.4. The second-order valence-corrected chi connectivity index (χ2v) is 4.08. The standard InChI is InChI=1S/C12H17ClO/c1-8(2)11-6-10(7-13)9(3)5-12(11)14-4/h5-6,8H,7H2,1-4H3. The molecule has 0 aromatic heterocycles. The first-order valence-electron chi connectivity index (χ1n) is 4.83. The Hall–Kier alpha value is -0.690. The fourth-order valence-corrected chi connectivity index (χ4v) is 1.81. The van der Waals surface area contributed by atoms with Gasteiger partial charge >= 0.3 is 0 Å². The van der Waals surface area contributed by atoms with Crippen LogP contribution in [0.1, 0.15) is 36.5 Å². The summed E-state index contributed by atoms with van der Waals surface area (Å²) < 4.78 is 5.34. The molecule has 1 aromatic rings. The van der Waals surface area contributed by atoms with Crippen molar-refractivity contribution in [2.75, 3.05) is 7.11 Å². The number of halogens is 1. The van der Waals surface area contributed by atoms with E-state index in [9.17, 15) is 0 Å². The van der Waals surface area contributed by atoms with Crippen LogP contribution in [0.2, 0.25) is 0 Å². The van der Waals surface area contributed by atoms with Gasteiger partial charge in [-0.25, -0.2) is 0 Å². The molecule has 0 bridgehead atoms. The van der Waals surface area contributed by atoms with Gasteiger partial charge in [-0.3, -0.25) is 0 Å². The van der Waals surface area contributed by atoms with E-state index >= 15 is 0 Å². The van der Waals surface area contributed by atoms with Gasteiger partial charge in [0.05, 0.1) is 7.11 Å². The molecule has 78 valence electrons. The first-order chi connectivity index (χ1) is 6.60. The van der Waals surface area contributed by atoms with Crippen LogP contribution in [-0.4, -0.2) is 7.11 Å². The molecule has 0 atom stereocenters. The highest BCUT2D eigenvalue weighted by Crippen LogP contribution is 2.30. The maximum Gasteiger partial charge on any atom is 0.122 e. The Morgan fingerprint density at radius 1 is 1.36 bits per heavy atom. The van der Waals surface area contributed by atoms with E-state index in [0.717, 1.165) is 5.75 Å². The average molecular weight is 213 g/mol. The van der Waals surface area contributed by atoms with Crippen molar-refractivity contribution in [3.8, 4) is 5.75 Å². The number of rotatable bonds is 3. The molecule has 0 saturated carbocycles. The third-order valence-electron chi connectivity index (χ3n) is 2.45. The Morgan fingerprint density at radius 3 is 2.43 bits per heavy atom. The van der Waals surface area contributed by atoms with Crippen LogP contribution in [-0.2, 0) is 5.88 Å². The lowest BCUT2D eigenvalue weighted by Gasteiger charge is -2.14. The highest BCUT2D eigenvalue weighted by Gasteiger charge is 2.10. The van der Waals surface area contributed by atoms with E-state index in [-0.39, 0.29) is 0 Å². The fourth-order valence-electron chi connectivity index (χ4n) is 1.52. The van der Waals surface area contributed by atoms with Crippen molar-refractivity contribution in [1.82, 2.24) is 0 Å². The number of aryl methyl sites for hydroxylation is 1. The maximum absolute atomic E-state index is 5.86. The van der Waals surface area contributed by atoms with Gasteiger partial charge in [0, 0.05) is 5.88 Å². The number of benzene rings is 1. The third kappa shape index (κ3) is 2.21. The van der Waals surface area contributed by atoms with E-state index in [4.69, 9.17) is 16.3 Å². The Bertz CT molecular complexity index is 318. The van der Waals surface area contributed by atoms with Crippen molar-refractivity contribution in [1.29, 1.82) is 0 Å². The van der Waals surface area contributed by atoms with Gasteiger partial charge in [0.1, 0.15) is 5.75 Å². The van der Waals surface area contributed by atoms with Gasteiger partial charge in [0.15, 0.2) is 0 Å². The van der Waals surface area contributed by atoms with E-state index < -0.39 is 0 Å². The van der Waals surface area contributed by atoms with Gasteiger partial charge in [0.2, 0.25) is 0 Å². The van der Waals surface area contributed by atoms with Crippen molar-refractivity contribution < 1.29 is 4.74 Å². The Morgan fingerprint density at radius 2 is 2.00 bits per heavy atom.